The van der Waals surface area contributed by atoms with Crippen molar-refractivity contribution in [1.29, 1.82) is 5.41 Å². The Labute approximate surface area is 98.8 Å². The van der Waals surface area contributed by atoms with Gasteiger partial charge in [-0.3, -0.25) is 5.41 Å². The number of hydrogen-bond donors (Lipinski definition) is 2. The number of pyridine rings is 1. The Kier molecular flexibility index (Phi) is 4.13. The molecule has 3 N–H and O–H groups in total. The lowest BCUT2D eigenvalue weighted by Crippen LogP contribution is -2.31. The third-order valence-electron chi connectivity index (χ3n) is 2.08. The van der Waals surface area contributed by atoms with Crippen molar-refractivity contribution in [2.24, 2.45) is 5.73 Å². The van der Waals surface area contributed by atoms with Crippen LogP contribution in [0.4, 0.5) is 4.39 Å². The number of rotatable bonds is 5. The molecule has 0 spiro atoms. The molecule has 0 aliphatic rings. The largest absolute Gasteiger partial charge is 0.388 e. The third-order valence-corrected chi connectivity index (χ3v) is 3.87. The SMILES string of the molecule is CN(CCC(=N)N)S(=O)(=O)c1ncccc1F. The van der Waals surface area contributed by atoms with Gasteiger partial charge in [0.1, 0.15) is 0 Å². The van der Waals surface area contributed by atoms with E-state index in [1.54, 1.807) is 0 Å². The number of nitrogens with zero attached hydrogens (tertiary/aromatic N) is 2. The molecule has 94 valence electrons. The molecule has 0 unspecified atom stereocenters. The molecule has 0 amide bonds. The molecule has 0 saturated carbocycles. The predicted molar refractivity (Wildman–Crippen MR) is 60.5 cm³/mol. The van der Waals surface area contributed by atoms with Gasteiger partial charge in [-0.25, -0.2) is 17.8 Å². The average Bonchev–Trinajstić information content (AvgIpc) is 2.26. The zero-order valence-electron chi connectivity index (χ0n) is 9.22. The number of sulfonamides is 1. The Morgan fingerprint density at radius 2 is 2.29 bits per heavy atom. The molecule has 0 aliphatic carbocycles. The van der Waals surface area contributed by atoms with Gasteiger partial charge in [-0.15, -0.1) is 0 Å². The van der Waals surface area contributed by atoms with E-state index in [0.717, 1.165) is 10.4 Å². The maximum Gasteiger partial charge on any atom is 0.263 e. The first-order valence-corrected chi connectivity index (χ1v) is 6.19. The zero-order chi connectivity index (χ0) is 13.1. The molecular formula is C9H13FN4O2S. The van der Waals surface area contributed by atoms with Crippen LogP contribution in [0, 0.1) is 11.2 Å². The van der Waals surface area contributed by atoms with Crippen LogP contribution >= 0.6 is 0 Å². The normalized spacial score (nSPS) is 11.7. The summed E-state index contributed by atoms with van der Waals surface area (Å²) in [5, 5.41) is 6.39. The Hall–Kier alpha value is -1.54. The second kappa shape index (κ2) is 5.19. The van der Waals surface area contributed by atoms with Crippen LogP contribution < -0.4 is 5.73 Å². The van der Waals surface area contributed by atoms with Crippen LogP contribution in [0.15, 0.2) is 23.4 Å². The monoisotopic (exact) mass is 260 g/mol. The van der Waals surface area contributed by atoms with E-state index in [1.807, 2.05) is 0 Å². The summed E-state index contributed by atoms with van der Waals surface area (Å²) in [6.45, 7) is 0.00762. The smallest absolute Gasteiger partial charge is 0.263 e. The second-order valence-electron chi connectivity index (χ2n) is 3.39. The van der Waals surface area contributed by atoms with E-state index in [9.17, 15) is 12.8 Å². The van der Waals surface area contributed by atoms with Crippen molar-refractivity contribution in [1.82, 2.24) is 9.29 Å². The van der Waals surface area contributed by atoms with E-state index < -0.39 is 20.9 Å². The summed E-state index contributed by atoms with van der Waals surface area (Å²) < 4.78 is 38.0. The number of nitrogens with two attached hydrogens (primary N) is 1. The van der Waals surface area contributed by atoms with Crippen LogP contribution in [0.3, 0.4) is 0 Å². The lowest BCUT2D eigenvalue weighted by molar-refractivity contribution is 0.465. The number of nitrogens with one attached hydrogen (secondary N) is 1. The maximum absolute atomic E-state index is 13.3. The standard InChI is InChI=1S/C9H13FN4O2S/c1-14(6-4-8(11)12)17(15,16)9-7(10)3-2-5-13-9/h2-3,5H,4,6H2,1H3,(H3,11,12). The summed E-state index contributed by atoms with van der Waals surface area (Å²) >= 11 is 0. The van der Waals surface area contributed by atoms with Crippen molar-refractivity contribution in [2.75, 3.05) is 13.6 Å². The van der Waals surface area contributed by atoms with Gasteiger partial charge >= 0.3 is 0 Å². The van der Waals surface area contributed by atoms with E-state index in [2.05, 4.69) is 4.98 Å². The fourth-order valence-corrected chi connectivity index (χ4v) is 2.24. The second-order valence-corrected chi connectivity index (χ2v) is 5.35. The molecule has 0 atom stereocenters. The van der Waals surface area contributed by atoms with Crippen molar-refractivity contribution < 1.29 is 12.8 Å². The molecule has 1 rings (SSSR count). The van der Waals surface area contributed by atoms with Gasteiger partial charge in [0.15, 0.2) is 5.82 Å². The van der Waals surface area contributed by atoms with Crippen LogP contribution in [0.1, 0.15) is 6.42 Å². The predicted octanol–water partition coefficient (Wildman–Crippen LogP) is 0.167. The molecule has 1 aromatic rings. The molecule has 6 nitrogen and oxygen atoms in total. The number of aromatic nitrogens is 1. The molecule has 17 heavy (non-hydrogen) atoms. The number of amidine groups is 1. The van der Waals surface area contributed by atoms with Gasteiger partial charge in [0.05, 0.1) is 5.84 Å². The van der Waals surface area contributed by atoms with Gasteiger partial charge in [-0.05, 0) is 12.1 Å². The molecule has 1 aromatic heterocycles. The topological polar surface area (TPSA) is 100 Å². The van der Waals surface area contributed by atoms with Gasteiger partial charge in [0.2, 0.25) is 5.03 Å². The highest BCUT2D eigenvalue weighted by molar-refractivity contribution is 7.89. The Bertz CT molecular complexity index is 517. The van der Waals surface area contributed by atoms with Crippen molar-refractivity contribution in [3.63, 3.8) is 0 Å². The Balaban J connectivity index is 2.96. The fourth-order valence-electron chi connectivity index (χ4n) is 1.11. The van der Waals surface area contributed by atoms with Crippen LogP contribution in [-0.4, -0.2) is 37.1 Å². The van der Waals surface area contributed by atoms with Crippen LogP contribution in [0.25, 0.3) is 0 Å². The summed E-state index contributed by atoms with van der Waals surface area (Å²) in [6.07, 6.45) is 1.29. The summed E-state index contributed by atoms with van der Waals surface area (Å²) in [6, 6.07) is 2.34. The van der Waals surface area contributed by atoms with Crippen LogP contribution in [0.5, 0.6) is 0 Å². The summed E-state index contributed by atoms with van der Waals surface area (Å²) in [7, 11) is -2.69. The van der Waals surface area contributed by atoms with E-state index in [4.69, 9.17) is 11.1 Å². The van der Waals surface area contributed by atoms with Gasteiger partial charge in [0.25, 0.3) is 10.0 Å². The molecule has 1 heterocycles. The fraction of sp³-hybridized carbons (Fsp3) is 0.333. The molecule has 0 aliphatic heterocycles. The first-order valence-electron chi connectivity index (χ1n) is 4.75. The minimum atomic E-state index is -3.97. The molecular weight excluding hydrogens is 247 g/mol. The van der Waals surface area contributed by atoms with Gasteiger partial charge in [-0.2, -0.15) is 4.31 Å². The lowest BCUT2D eigenvalue weighted by atomic mass is 10.4. The van der Waals surface area contributed by atoms with Crippen molar-refractivity contribution in [3.8, 4) is 0 Å². The van der Waals surface area contributed by atoms with Crippen LogP contribution in [0.2, 0.25) is 0 Å². The first kappa shape index (κ1) is 13.5. The summed E-state index contributed by atoms with van der Waals surface area (Å²) in [5.74, 6) is -1.03. The third kappa shape index (κ3) is 3.21. The number of halogens is 1. The maximum atomic E-state index is 13.3. The van der Waals surface area contributed by atoms with Gasteiger partial charge in [0, 0.05) is 26.2 Å². The van der Waals surface area contributed by atoms with Crippen molar-refractivity contribution in [2.45, 2.75) is 11.4 Å². The quantitative estimate of drug-likeness (QED) is 0.582. The van der Waals surface area contributed by atoms with Gasteiger partial charge in [-0.1, -0.05) is 0 Å². The van der Waals surface area contributed by atoms with E-state index >= 15 is 0 Å². The Morgan fingerprint density at radius 3 is 2.82 bits per heavy atom. The first-order chi connectivity index (χ1) is 7.85. The highest BCUT2D eigenvalue weighted by atomic mass is 32.2. The van der Waals surface area contributed by atoms with Crippen LogP contribution in [-0.2, 0) is 10.0 Å². The highest BCUT2D eigenvalue weighted by Crippen LogP contribution is 2.14. The summed E-state index contributed by atoms with van der Waals surface area (Å²) in [4.78, 5) is 3.51. The zero-order valence-corrected chi connectivity index (χ0v) is 10.0. The van der Waals surface area contributed by atoms with Crippen molar-refractivity contribution in [3.05, 3.63) is 24.1 Å². The summed E-state index contributed by atoms with van der Waals surface area (Å²) in [5.41, 5.74) is 5.12. The molecule has 0 bridgehead atoms. The number of hydrogen-bond acceptors (Lipinski definition) is 4. The highest BCUT2D eigenvalue weighted by Gasteiger charge is 2.25. The minimum Gasteiger partial charge on any atom is -0.388 e. The lowest BCUT2D eigenvalue weighted by Gasteiger charge is -2.16. The van der Waals surface area contributed by atoms with E-state index in [0.29, 0.717) is 0 Å². The Morgan fingerprint density at radius 1 is 1.65 bits per heavy atom. The van der Waals surface area contributed by atoms with E-state index in [1.165, 1.54) is 19.3 Å². The molecule has 0 fully saturated rings. The van der Waals surface area contributed by atoms with Gasteiger partial charge < -0.3 is 5.73 Å². The van der Waals surface area contributed by atoms with Crippen molar-refractivity contribution >= 4 is 15.9 Å². The van der Waals surface area contributed by atoms with E-state index in [-0.39, 0.29) is 18.8 Å². The molecule has 8 heteroatoms. The molecule has 0 radical (unpaired) electrons. The minimum absolute atomic E-state index is 0.00762. The average molecular weight is 260 g/mol. The molecule has 0 saturated heterocycles. The molecule has 0 aromatic carbocycles.